The molecule has 1 aliphatic carbocycles. The smallest absolute Gasteiger partial charge is 0.411 e. The van der Waals surface area contributed by atoms with Gasteiger partial charge in [0.25, 0.3) is 0 Å². The molecule has 20 heavy (non-hydrogen) atoms. The highest BCUT2D eigenvalue weighted by molar-refractivity contribution is 5.88. The number of carbonyl (C=O) groups is 2. The number of nitrogens with zero attached hydrogens (tertiary/aromatic N) is 1. The van der Waals surface area contributed by atoms with Gasteiger partial charge in [0, 0.05) is 6.54 Å². The van der Waals surface area contributed by atoms with Crippen LogP contribution in [0.2, 0.25) is 0 Å². The summed E-state index contributed by atoms with van der Waals surface area (Å²) in [6, 6.07) is 0. The average molecular weight is 283 g/mol. The summed E-state index contributed by atoms with van der Waals surface area (Å²) in [5, 5.41) is 0. The number of hydrogen-bond donors (Lipinski definition) is 0. The largest absolute Gasteiger partial charge is 0.458 e. The molecule has 3 rings (SSSR count). The summed E-state index contributed by atoms with van der Waals surface area (Å²) in [6.45, 7) is 11.6. The fraction of sp³-hybridized carbons (Fsp3) is 0.867. The Morgan fingerprint density at radius 3 is 1.95 bits per heavy atom. The van der Waals surface area contributed by atoms with Crippen LogP contribution < -0.4 is 0 Å². The molecule has 2 heterocycles. The van der Waals surface area contributed by atoms with Crippen molar-refractivity contribution in [1.29, 1.82) is 0 Å². The minimum absolute atomic E-state index is 0.301. The van der Waals surface area contributed by atoms with Crippen molar-refractivity contribution >= 4 is 12.1 Å². The zero-order valence-corrected chi connectivity index (χ0v) is 13.3. The molecule has 1 amide bonds. The predicted molar refractivity (Wildman–Crippen MR) is 74.2 cm³/mol. The highest BCUT2D eigenvalue weighted by atomic mass is 16.6. The van der Waals surface area contributed by atoms with Gasteiger partial charge in [-0.1, -0.05) is 0 Å². The quantitative estimate of drug-likeness (QED) is 0.694. The molecule has 0 spiro atoms. The molecule has 0 aromatic heterocycles. The van der Waals surface area contributed by atoms with E-state index in [-0.39, 0.29) is 5.97 Å². The van der Waals surface area contributed by atoms with Gasteiger partial charge in [0.2, 0.25) is 0 Å². The fourth-order valence-electron chi connectivity index (χ4n) is 2.89. The van der Waals surface area contributed by atoms with Crippen LogP contribution in [-0.2, 0) is 14.3 Å². The maximum absolute atomic E-state index is 12.4. The normalized spacial score (nSPS) is 28.9. The first-order valence-corrected chi connectivity index (χ1v) is 7.17. The van der Waals surface area contributed by atoms with Crippen LogP contribution >= 0.6 is 0 Å². The molecular weight excluding hydrogens is 258 g/mol. The van der Waals surface area contributed by atoms with Crippen LogP contribution in [-0.4, -0.2) is 40.2 Å². The second-order valence-electron chi connectivity index (χ2n) is 7.90. The average Bonchev–Trinajstić information content (AvgIpc) is 2.64. The molecule has 0 radical (unpaired) electrons. The van der Waals surface area contributed by atoms with Gasteiger partial charge >= 0.3 is 12.1 Å². The van der Waals surface area contributed by atoms with Gasteiger partial charge in [-0.3, -0.25) is 4.90 Å². The maximum Gasteiger partial charge on any atom is 0.411 e. The molecule has 3 fully saturated rings. The van der Waals surface area contributed by atoms with Crippen molar-refractivity contribution in [3.05, 3.63) is 0 Å². The maximum atomic E-state index is 12.4. The Kier molecular flexibility index (Phi) is 3.30. The molecule has 5 heteroatoms. The first kappa shape index (κ1) is 15.1. The molecule has 0 aromatic carbocycles. The summed E-state index contributed by atoms with van der Waals surface area (Å²) in [5.74, 6) is 0.0969. The zero-order valence-electron chi connectivity index (χ0n) is 13.3. The van der Waals surface area contributed by atoms with E-state index in [9.17, 15) is 9.59 Å². The summed E-state index contributed by atoms with van der Waals surface area (Å²) < 4.78 is 10.9. The Labute approximate surface area is 120 Å². The van der Waals surface area contributed by atoms with Gasteiger partial charge in [0.05, 0.1) is 0 Å². The van der Waals surface area contributed by atoms with E-state index in [1.54, 1.807) is 4.90 Å². The van der Waals surface area contributed by atoms with Crippen LogP contribution in [0.25, 0.3) is 0 Å². The van der Waals surface area contributed by atoms with Crippen molar-refractivity contribution in [2.75, 3.05) is 6.54 Å². The van der Waals surface area contributed by atoms with Gasteiger partial charge < -0.3 is 9.47 Å². The van der Waals surface area contributed by atoms with Gasteiger partial charge in [-0.2, -0.15) is 0 Å². The lowest BCUT2D eigenvalue weighted by Crippen LogP contribution is -2.57. The monoisotopic (exact) mass is 283 g/mol. The highest BCUT2D eigenvalue weighted by Gasteiger charge is 2.64. The van der Waals surface area contributed by atoms with E-state index in [1.165, 1.54) is 0 Å². The van der Waals surface area contributed by atoms with Crippen molar-refractivity contribution in [2.24, 2.45) is 5.92 Å². The second-order valence-corrected chi connectivity index (χ2v) is 7.90. The predicted octanol–water partition coefficient (Wildman–Crippen LogP) is 2.73. The lowest BCUT2D eigenvalue weighted by molar-refractivity contribution is -0.170. The molecule has 2 aliphatic heterocycles. The molecule has 3 aliphatic rings. The Balaban J connectivity index is 2.11. The summed E-state index contributed by atoms with van der Waals surface area (Å²) >= 11 is 0. The molecule has 1 saturated carbocycles. The zero-order chi connectivity index (χ0) is 15.3. The second kappa shape index (κ2) is 4.37. The van der Waals surface area contributed by atoms with Gasteiger partial charge in [-0.15, -0.1) is 0 Å². The Bertz CT molecular complexity index is 421. The van der Waals surface area contributed by atoms with Crippen LogP contribution in [0.4, 0.5) is 4.79 Å². The molecule has 2 saturated heterocycles. The third-order valence-corrected chi connectivity index (χ3v) is 3.60. The fourth-order valence-corrected chi connectivity index (χ4v) is 2.89. The van der Waals surface area contributed by atoms with E-state index in [2.05, 4.69) is 0 Å². The van der Waals surface area contributed by atoms with Gasteiger partial charge in [0.1, 0.15) is 16.7 Å². The van der Waals surface area contributed by atoms with Gasteiger partial charge in [0.15, 0.2) is 0 Å². The van der Waals surface area contributed by atoms with E-state index < -0.39 is 22.8 Å². The molecule has 0 unspecified atom stereocenters. The van der Waals surface area contributed by atoms with Crippen LogP contribution in [0.1, 0.15) is 54.4 Å². The molecule has 0 aromatic rings. The van der Waals surface area contributed by atoms with Crippen molar-refractivity contribution in [3.8, 4) is 0 Å². The van der Waals surface area contributed by atoms with Gasteiger partial charge in [-0.25, -0.2) is 9.59 Å². The van der Waals surface area contributed by atoms with Crippen molar-refractivity contribution < 1.29 is 19.1 Å². The SMILES string of the molecule is CC(C)(C)OC(=O)N1CC2CC1(C(=O)OC(C)(C)C)C2. The Hall–Kier alpha value is -1.26. The third kappa shape index (κ3) is 2.76. The van der Waals surface area contributed by atoms with E-state index in [4.69, 9.17) is 9.47 Å². The summed E-state index contributed by atoms with van der Waals surface area (Å²) in [6.07, 6.45) is 0.978. The van der Waals surface area contributed by atoms with E-state index in [1.807, 2.05) is 41.5 Å². The van der Waals surface area contributed by atoms with Crippen LogP contribution in [0.15, 0.2) is 0 Å². The number of ether oxygens (including phenoxy) is 2. The summed E-state index contributed by atoms with van der Waals surface area (Å²) in [7, 11) is 0. The molecule has 0 atom stereocenters. The van der Waals surface area contributed by atoms with E-state index in [0.717, 1.165) is 0 Å². The van der Waals surface area contributed by atoms with E-state index >= 15 is 0 Å². The molecule has 5 nitrogen and oxygen atoms in total. The van der Waals surface area contributed by atoms with E-state index in [0.29, 0.717) is 25.3 Å². The molecular formula is C15H25NO4. The lowest BCUT2D eigenvalue weighted by atomic mass is 9.73. The van der Waals surface area contributed by atoms with Crippen molar-refractivity contribution in [3.63, 3.8) is 0 Å². The first-order valence-electron chi connectivity index (χ1n) is 7.17. The standard InChI is InChI=1S/C15H25NO4/c1-13(2,3)19-11(17)15-7-10(8-15)9-16(15)12(18)20-14(4,5)6/h10H,7-9H2,1-6H3. The highest BCUT2D eigenvalue weighted by Crippen LogP contribution is 2.52. The summed E-state index contributed by atoms with van der Waals surface area (Å²) in [4.78, 5) is 26.3. The van der Waals surface area contributed by atoms with Crippen LogP contribution in [0.5, 0.6) is 0 Å². The molecule has 2 bridgehead atoms. The number of amides is 1. The molecule has 114 valence electrons. The molecule has 0 N–H and O–H groups in total. The van der Waals surface area contributed by atoms with Crippen LogP contribution in [0, 0.1) is 5.92 Å². The number of esters is 1. The first-order chi connectivity index (χ1) is 8.93. The van der Waals surface area contributed by atoms with Crippen LogP contribution in [0.3, 0.4) is 0 Å². The third-order valence-electron chi connectivity index (χ3n) is 3.60. The number of rotatable bonds is 1. The Morgan fingerprint density at radius 1 is 1.00 bits per heavy atom. The minimum Gasteiger partial charge on any atom is -0.458 e. The van der Waals surface area contributed by atoms with Crippen molar-refractivity contribution in [2.45, 2.75) is 71.1 Å². The topological polar surface area (TPSA) is 55.8 Å². The Morgan fingerprint density at radius 2 is 1.50 bits per heavy atom. The minimum atomic E-state index is -0.791. The van der Waals surface area contributed by atoms with Gasteiger partial charge in [-0.05, 0) is 60.3 Å². The number of fused-ring (bicyclic) bond motifs is 1. The number of hydrogen-bond acceptors (Lipinski definition) is 4. The van der Waals surface area contributed by atoms with Crippen molar-refractivity contribution in [1.82, 2.24) is 4.90 Å². The summed E-state index contributed by atoms with van der Waals surface area (Å²) in [5.41, 5.74) is -1.89. The number of carbonyl (C=O) groups excluding carboxylic acids is 2. The lowest BCUT2D eigenvalue weighted by Gasteiger charge is -2.41.